The summed E-state index contributed by atoms with van der Waals surface area (Å²) in [4.78, 5) is 14.5. The lowest BCUT2D eigenvalue weighted by molar-refractivity contribution is 0.112. The summed E-state index contributed by atoms with van der Waals surface area (Å²) in [6.07, 6.45) is 8.47. The van der Waals surface area contributed by atoms with Gasteiger partial charge in [0.1, 0.15) is 5.25 Å². The number of likely N-dealkylation sites (N-methyl/N-ethyl adjacent to an activating group) is 1. The average molecular weight is 396 g/mol. The Hall–Kier alpha value is -1.38. The first-order valence-corrected chi connectivity index (χ1v) is 11.4. The number of carbonyl (C=O) groups excluding carboxylic acids is 1. The number of ether oxygens (including phenoxy) is 1. The Morgan fingerprint density at radius 1 is 1.22 bits per heavy atom. The summed E-state index contributed by atoms with van der Waals surface area (Å²) in [6, 6.07) is -0.638. The van der Waals surface area contributed by atoms with Crippen LogP contribution < -0.4 is 10.0 Å². The van der Waals surface area contributed by atoms with E-state index in [1.165, 1.54) is 18.3 Å². The predicted molar refractivity (Wildman–Crippen MR) is 102 cm³/mol. The van der Waals surface area contributed by atoms with Gasteiger partial charge in [-0.25, -0.2) is 17.9 Å². The van der Waals surface area contributed by atoms with Gasteiger partial charge in [0.25, 0.3) is 0 Å². The van der Waals surface area contributed by atoms with E-state index in [-0.39, 0.29) is 0 Å². The maximum Gasteiger partial charge on any atom is 0.332 e. The van der Waals surface area contributed by atoms with Gasteiger partial charge in [0.05, 0.1) is 6.10 Å². The Balaban J connectivity index is 1.50. The number of nitrogens with one attached hydrogen (secondary N) is 2. The van der Waals surface area contributed by atoms with Crippen molar-refractivity contribution in [2.24, 2.45) is 11.8 Å². The minimum absolute atomic E-state index is 0.319. The molecule has 0 aromatic carbocycles. The van der Waals surface area contributed by atoms with E-state index in [1.54, 1.807) is 0 Å². The van der Waals surface area contributed by atoms with Crippen LogP contribution in [0.5, 0.6) is 0 Å². The van der Waals surface area contributed by atoms with Crippen molar-refractivity contribution >= 4 is 16.1 Å². The fraction of sp³-hybridized carbons (Fsp3) is 0.737. The molecule has 2 N–H and O–H groups in total. The number of urea groups is 1. The molecule has 1 saturated heterocycles. The molecule has 27 heavy (non-hydrogen) atoms. The molecule has 2 amide bonds. The molecule has 4 aliphatic rings. The highest BCUT2D eigenvalue weighted by atomic mass is 32.2. The Morgan fingerprint density at radius 3 is 2.81 bits per heavy atom. The standard InChI is InChI=1S/C19H29N3O4S/c1-22-10-16(26-2)17(11-22)27(24,25)21-19(23)20-18-14-7-3-5-12(14)9-13-6-4-8-15(13)18/h9,12,14,16-17H,3-8,10-11H2,1-2H3,(H2,20,21,23). The monoisotopic (exact) mass is 395 g/mol. The topological polar surface area (TPSA) is 87.7 Å². The van der Waals surface area contributed by atoms with Crippen molar-refractivity contribution in [3.8, 4) is 0 Å². The summed E-state index contributed by atoms with van der Waals surface area (Å²) in [5.41, 5.74) is 3.56. The molecule has 150 valence electrons. The Bertz CT molecular complexity index is 789. The minimum Gasteiger partial charge on any atom is -0.379 e. The van der Waals surface area contributed by atoms with Crippen LogP contribution in [0, 0.1) is 11.8 Å². The molecule has 0 bridgehead atoms. The van der Waals surface area contributed by atoms with Gasteiger partial charge >= 0.3 is 6.03 Å². The number of fused-ring (bicyclic) bond motifs is 2. The summed E-state index contributed by atoms with van der Waals surface area (Å²) in [6.45, 7) is 0.892. The third-order valence-electron chi connectivity index (χ3n) is 6.52. The van der Waals surface area contributed by atoms with Crippen LogP contribution in [-0.2, 0) is 14.8 Å². The van der Waals surface area contributed by atoms with Gasteiger partial charge in [-0.3, -0.25) is 0 Å². The van der Waals surface area contributed by atoms with Crippen molar-refractivity contribution in [2.45, 2.75) is 49.9 Å². The molecule has 0 spiro atoms. The van der Waals surface area contributed by atoms with E-state index in [9.17, 15) is 13.2 Å². The average Bonchev–Trinajstić information content (AvgIpc) is 3.32. The van der Waals surface area contributed by atoms with E-state index >= 15 is 0 Å². The SMILES string of the molecule is COC1CN(C)CC1S(=O)(=O)NC(=O)NC1=C2CCCC2=CC2CCCC12. The van der Waals surface area contributed by atoms with Crippen molar-refractivity contribution in [2.75, 3.05) is 27.2 Å². The van der Waals surface area contributed by atoms with Crippen molar-refractivity contribution < 1.29 is 17.9 Å². The lowest BCUT2D eigenvalue weighted by atomic mass is 9.82. The molecule has 0 radical (unpaired) electrons. The van der Waals surface area contributed by atoms with E-state index < -0.39 is 27.4 Å². The summed E-state index contributed by atoms with van der Waals surface area (Å²) < 4.78 is 33.1. The molecule has 4 rings (SSSR count). The van der Waals surface area contributed by atoms with Crippen LogP contribution in [0.1, 0.15) is 38.5 Å². The first kappa shape index (κ1) is 19.0. The number of nitrogens with zero attached hydrogens (tertiary/aromatic N) is 1. The number of hydrogen-bond donors (Lipinski definition) is 2. The molecule has 4 atom stereocenters. The number of carbonyl (C=O) groups is 1. The predicted octanol–water partition coefficient (Wildman–Crippen LogP) is 1.74. The molecular formula is C19H29N3O4S. The highest BCUT2D eigenvalue weighted by Gasteiger charge is 2.42. The second kappa shape index (κ2) is 7.22. The molecule has 2 saturated carbocycles. The van der Waals surface area contributed by atoms with Crippen LogP contribution in [0.3, 0.4) is 0 Å². The van der Waals surface area contributed by atoms with Gasteiger partial charge in [0.15, 0.2) is 0 Å². The fourth-order valence-electron chi connectivity index (χ4n) is 5.26. The lowest BCUT2D eigenvalue weighted by Crippen LogP contribution is -2.48. The van der Waals surface area contributed by atoms with Crippen molar-refractivity contribution in [3.05, 3.63) is 22.9 Å². The highest BCUT2D eigenvalue weighted by Crippen LogP contribution is 2.47. The molecule has 1 aliphatic heterocycles. The third-order valence-corrected chi connectivity index (χ3v) is 8.24. The first-order chi connectivity index (χ1) is 12.9. The van der Waals surface area contributed by atoms with E-state index in [1.807, 2.05) is 11.9 Å². The largest absolute Gasteiger partial charge is 0.379 e. The van der Waals surface area contributed by atoms with Gasteiger partial charge in [-0.1, -0.05) is 12.5 Å². The zero-order chi connectivity index (χ0) is 19.2. The van der Waals surface area contributed by atoms with Gasteiger partial charge in [0, 0.05) is 31.8 Å². The number of amides is 2. The highest BCUT2D eigenvalue weighted by molar-refractivity contribution is 7.90. The van der Waals surface area contributed by atoms with Crippen molar-refractivity contribution in [1.29, 1.82) is 0 Å². The molecule has 3 fully saturated rings. The second-order valence-electron chi connectivity index (χ2n) is 8.27. The second-order valence-corrected chi connectivity index (χ2v) is 10.2. The van der Waals surface area contributed by atoms with Gasteiger partial charge in [-0.05, 0) is 56.2 Å². The molecule has 4 unspecified atom stereocenters. The van der Waals surface area contributed by atoms with E-state index in [0.717, 1.165) is 44.2 Å². The molecule has 8 heteroatoms. The number of methoxy groups -OCH3 is 1. The van der Waals surface area contributed by atoms with E-state index in [4.69, 9.17) is 4.74 Å². The van der Waals surface area contributed by atoms with E-state index in [0.29, 0.717) is 24.9 Å². The number of allylic oxidation sites excluding steroid dienone is 4. The van der Waals surface area contributed by atoms with Gasteiger partial charge in [-0.15, -0.1) is 0 Å². The summed E-state index contributed by atoms with van der Waals surface area (Å²) in [5, 5.41) is 2.19. The van der Waals surface area contributed by atoms with Crippen LogP contribution in [-0.4, -0.2) is 57.9 Å². The van der Waals surface area contributed by atoms with Crippen LogP contribution >= 0.6 is 0 Å². The molecule has 7 nitrogen and oxygen atoms in total. The normalized spacial score (nSPS) is 33.6. The number of hydrogen-bond acceptors (Lipinski definition) is 5. The number of sulfonamides is 1. The van der Waals surface area contributed by atoms with Crippen LogP contribution in [0.25, 0.3) is 0 Å². The van der Waals surface area contributed by atoms with E-state index in [2.05, 4.69) is 16.1 Å². The number of likely N-dealkylation sites (tertiary alicyclic amines) is 1. The van der Waals surface area contributed by atoms with Gasteiger partial charge in [-0.2, -0.15) is 0 Å². The molecule has 0 aromatic heterocycles. The Labute approximate surface area is 161 Å². The zero-order valence-corrected chi connectivity index (χ0v) is 16.8. The molecular weight excluding hydrogens is 366 g/mol. The van der Waals surface area contributed by atoms with Gasteiger partial charge in [0.2, 0.25) is 10.0 Å². The van der Waals surface area contributed by atoms with Crippen LogP contribution in [0.2, 0.25) is 0 Å². The lowest BCUT2D eigenvalue weighted by Gasteiger charge is -2.29. The molecule has 3 aliphatic carbocycles. The van der Waals surface area contributed by atoms with Gasteiger partial charge < -0.3 is 15.0 Å². The molecule has 1 heterocycles. The zero-order valence-electron chi connectivity index (χ0n) is 16.0. The Morgan fingerprint density at radius 2 is 2.04 bits per heavy atom. The van der Waals surface area contributed by atoms with Crippen molar-refractivity contribution in [3.63, 3.8) is 0 Å². The number of rotatable bonds is 4. The fourth-order valence-corrected chi connectivity index (χ4v) is 6.76. The van der Waals surface area contributed by atoms with Crippen LogP contribution in [0.4, 0.5) is 4.79 Å². The maximum absolute atomic E-state index is 12.7. The summed E-state index contributed by atoms with van der Waals surface area (Å²) >= 11 is 0. The maximum atomic E-state index is 12.7. The molecule has 0 aromatic rings. The summed E-state index contributed by atoms with van der Waals surface area (Å²) in [5.74, 6) is 0.801. The van der Waals surface area contributed by atoms with Crippen LogP contribution in [0.15, 0.2) is 22.9 Å². The van der Waals surface area contributed by atoms with Crippen molar-refractivity contribution in [1.82, 2.24) is 14.9 Å². The smallest absolute Gasteiger partial charge is 0.332 e. The quantitative estimate of drug-likeness (QED) is 0.757. The first-order valence-electron chi connectivity index (χ1n) is 9.87. The third kappa shape index (κ3) is 3.54. The Kier molecular flexibility index (Phi) is 5.07. The minimum atomic E-state index is -3.81. The summed E-state index contributed by atoms with van der Waals surface area (Å²) in [7, 11) is -0.454.